The molecule has 0 radical (unpaired) electrons. The fourth-order valence-electron chi connectivity index (χ4n) is 1.29. The lowest BCUT2D eigenvalue weighted by atomic mass is 10.1. The Morgan fingerprint density at radius 3 is 3.07 bits per heavy atom. The van der Waals surface area contributed by atoms with E-state index in [-0.39, 0.29) is 5.54 Å². The maximum absolute atomic E-state index is 4.49. The van der Waals surface area contributed by atoms with E-state index in [1.54, 1.807) is 6.20 Å². The van der Waals surface area contributed by atoms with Crippen molar-refractivity contribution < 1.29 is 0 Å². The predicted molar refractivity (Wildman–Crippen MR) is 62.1 cm³/mol. The van der Waals surface area contributed by atoms with Crippen molar-refractivity contribution in [2.24, 2.45) is 4.99 Å². The Bertz CT molecular complexity index is 385. The first kappa shape index (κ1) is 9.65. The van der Waals surface area contributed by atoms with Gasteiger partial charge in [-0.3, -0.25) is 4.99 Å². The van der Waals surface area contributed by atoms with Crippen molar-refractivity contribution in [1.82, 2.24) is 4.98 Å². The third-order valence-corrected chi connectivity index (χ3v) is 2.56. The molecule has 0 aliphatic carbocycles. The normalized spacial score (nSPS) is 18.2. The summed E-state index contributed by atoms with van der Waals surface area (Å²) in [4.78, 5) is 8.78. The lowest BCUT2D eigenvalue weighted by Crippen LogP contribution is -2.26. The number of hydrogen-bond donors (Lipinski definition) is 1. The molecule has 4 heteroatoms. The number of fused-ring (bicyclic) bond motifs is 1. The zero-order valence-corrected chi connectivity index (χ0v) is 9.80. The number of hydrogen-bond acceptors (Lipinski definition) is 3. The van der Waals surface area contributed by atoms with Gasteiger partial charge in [-0.2, -0.15) is 0 Å². The van der Waals surface area contributed by atoms with Gasteiger partial charge in [0.05, 0.1) is 5.54 Å². The van der Waals surface area contributed by atoms with Crippen molar-refractivity contribution in [2.75, 3.05) is 11.9 Å². The minimum Gasteiger partial charge on any atom is -0.367 e. The Hall–Kier alpha value is -0.900. The number of rotatable bonds is 0. The summed E-state index contributed by atoms with van der Waals surface area (Å²) < 4.78 is 0.976. The van der Waals surface area contributed by atoms with Gasteiger partial charge in [0.25, 0.3) is 0 Å². The van der Waals surface area contributed by atoms with E-state index in [0.29, 0.717) is 0 Å². The fourth-order valence-corrected chi connectivity index (χ4v) is 1.64. The Balaban J connectivity index is 2.42. The summed E-state index contributed by atoms with van der Waals surface area (Å²) in [6, 6.07) is 2.01. The third-order valence-electron chi connectivity index (χ3n) is 2.13. The first-order chi connectivity index (χ1) is 6.57. The lowest BCUT2D eigenvalue weighted by Gasteiger charge is -2.17. The van der Waals surface area contributed by atoms with Crippen LogP contribution in [0.1, 0.15) is 19.4 Å². The summed E-state index contributed by atoms with van der Waals surface area (Å²) in [5.74, 6) is 0.905. The first-order valence-electron chi connectivity index (χ1n) is 4.51. The summed E-state index contributed by atoms with van der Waals surface area (Å²) >= 11 is 3.39. The molecule has 1 aromatic heterocycles. The molecule has 1 aromatic rings. The van der Waals surface area contributed by atoms with Crippen molar-refractivity contribution in [3.63, 3.8) is 0 Å². The molecule has 3 nitrogen and oxygen atoms in total. The minimum absolute atomic E-state index is 0.0623. The quantitative estimate of drug-likeness (QED) is 0.772. The van der Waals surface area contributed by atoms with Crippen molar-refractivity contribution >= 4 is 28.0 Å². The maximum atomic E-state index is 4.49. The van der Waals surface area contributed by atoms with Gasteiger partial charge in [-0.15, -0.1) is 0 Å². The summed E-state index contributed by atoms with van der Waals surface area (Å²) in [6.45, 7) is 5.00. The molecule has 74 valence electrons. The van der Waals surface area contributed by atoms with Gasteiger partial charge in [-0.25, -0.2) is 4.98 Å². The average molecular weight is 254 g/mol. The highest BCUT2D eigenvalue weighted by Crippen LogP contribution is 2.21. The van der Waals surface area contributed by atoms with Crippen molar-refractivity contribution in [1.29, 1.82) is 0 Å². The van der Waals surface area contributed by atoms with Crippen LogP contribution in [0.3, 0.4) is 0 Å². The number of halogens is 1. The Kier molecular flexibility index (Phi) is 2.31. The summed E-state index contributed by atoms with van der Waals surface area (Å²) in [5.41, 5.74) is 0.970. The Morgan fingerprint density at radius 1 is 1.50 bits per heavy atom. The number of aliphatic imine (C=N–C) groups is 1. The molecule has 0 spiro atoms. The van der Waals surface area contributed by atoms with Gasteiger partial charge in [0.2, 0.25) is 0 Å². The van der Waals surface area contributed by atoms with Crippen LogP contribution in [0.25, 0.3) is 0 Å². The molecular formula is C10H12BrN3. The van der Waals surface area contributed by atoms with E-state index in [1.807, 2.05) is 12.3 Å². The van der Waals surface area contributed by atoms with Crippen LogP contribution in [0.2, 0.25) is 0 Å². The second kappa shape index (κ2) is 3.35. The molecule has 2 heterocycles. The van der Waals surface area contributed by atoms with Crippen LogP contribution in [0.15, 0.2) is 21.7 Å². The van der Waals surface area contributed by atoms with Gasteiger partial charge < -0.3 is 5.32 Å². The highest BCUT2D eigenvalue weighted by molar-refractivity contribution is 9.10. The molecule has 1 aliphatic rings. The van der Waals surface area contributed by atoms with Crippen LogP contribution < -0.4 is 5.32 Å². The monoisotopic (exact) mass is 253 g/mol. The molecular weight excluding hydrogens is 242 g/mol. The SMILES string of the molecule is CC1(C)CNc2ncc(Br)cc2C=N1. The molecule has 1 aliphatic heterocycles. The fraction of sp³-hybridized carbons (Fsp3) is 0.400. The molecule has 0 saturated heterocycles. The van der Waals surface area contributed by atoms with Gasteiger partial charge in [-0.1, -0.05) is 0 Å². The Morgan fingerprint density at radius 2 is 2.29 bits per heavy atom. The third kappa shape index (κ3) is 1.95. The molecule has 1 N–H and O–H groups in total. The second-order valence-electron chi connectivity index (χ2n) is 4.02. The van der Waals surface area contributed by atoms with Gasteiger partial charge in [0, 0.05) is 29.0 Å². The zero-order valence-electron chi connectivity index (χ0n) is 8.21. The standard InChI is InChI=1S/C10H12BrN3/c1-10(2)6-13-9-7(4-14-10)3-8(11)5-12-9/h3-5H,6H2,1-2H3,(H,12,13). The predicted octanol–water partition coefficient (Wildman–Crippen LogP) is 2.47. The molecule has 0 aromatic carbocycles. The molecule has 0 fully saturated rings. The highest BCUT2D eigenvalue weighted by Gasteiger charge is 2.19. The van der Waals surface area contributed by atoms with Crippen molar-refractivity contribution in [3.05, 3.63) is 22.3 Å². The first-order valence-corrected chi connectivity index (χ1v) is 5.31. The highest BCUT2D eigenvalue weighted by atomic mass is 79.9. The number of aromatic nitrogens is 1. The summed E-state index contributed by atoms with van der Waals surface area (Å²) in [5, 5.41) is 3.29. The number of pyridine rings is 1. The van der Waals surface area contributed by atoms with E-state index in [9.17, 15) is 0 Å². The van der Waals surface area contributed by atoms with Crippen LogP contribution >= 0.6 is 15.9 Å². The summed E-state index contributed by atoms with van der Waals surface area (Å²) in [6.07, 6.45) is 3.67. The largest absolute Gasteiger partial charge is 0.367 e. The van der Waals surface area contributed by atoms with Crippen LogP contribution in [-0.2, 0) is 0 Å². The molecule has 2 rings (SSSR count). The minimum atomic E-state index is -0.0623. The summed E-state index contributed by atoms with van der Waals surface area (Å²) in [7, 11) is 0. The number of nitrogens with one attached hydrogen (secondary N) is 1. The van der Waals surface area contributed by atoms with Crippen molar-refractivity contribution in [2.45, 2.75) is 19.4 Å². The van der Waals surface area contributed by atoms with Gasteiger partial charge >= 0.3 is 0 Å². The molecule has 0 amide bonds. The van der Waals surface area contributed by atoms with E-state index >= 15 is 0 Å². The maximum Gasteiger partial charge on any atom is 0.134 e. The number of nitrogens with zero attached hydrogens (tertiary/aromatic N) is 2. The van der Waals surface area contributed by atoms with Crippen LogP contribution in [0.5, 0.6) is 0 Å². The smallest absolute Gasteiger partial charge is 0.134 e. The van der Waals surface area contributed by atoms with Crippen molar-refractivity contribution in [3.8, 4) is 0 Å². The second-order valence-corrected chi connectivity index (χ2v) is 4.93. The Labute approximate surface area is 91.8 Å². The molecule has 0 unspecified atom stereocenters. The molecule has 0 atom stereocenters. The van der Waals surface area contributed by atoms with Gasteiger partial charge in [0.1, 0.15) is 5.82 Å². The van der Waals surface area contributed by atoms with E-state index < -0.39 is 0 Å². The lowest BCUT2D eigenvalue weighted by molar-refractivity contribution is 0.557. The van der Waals surface area contributed by atoms with Crippen LogP contribution in [0, 0.1) is 0 Å². The van der Waals surface area contributed by atoms with E-state index in [1.165, 1.54) is 0 Å². The van der Waals surface area contributed by atoms with E-state index in [0.717, 1.165) is 22.4 Å². The van der Waals surface area contributed by atoms with Crippen LogP contribution in [0.4, 0.5) is 5.82 Å². The van der Waals surface area contributed by atoms with E-state index in [4.69, 9.17) is 0 Å². The zero-order chi connectivity index (χ0) is 10.2. The van der Waals surface area contributed by atoms with Gasteiger partial charge in [-0.05, 0) is 35.8 Å². The molecule has 0 bridgehead atoms. The molecule has 14 heavy (non-hydrogen) atoms. The average Bonchev–Trinajstić information content (AvgIpc) is 2.26. The van der Waals surface area contributed by atoms with Crippen LogP contribution in [-0.4, -0.2) is 23.3 Å². The molecule has 0 saturated carbocycles. The van der Waals surface area contributed by atoms with E-state index in [2.05, 4.69) is 45.1 Å². The topological polar surface area (TPSA) is 37.3 Å². The van der Waals surface area contributed by atoms with Gasteiger partial charge in [0.15, 0.2) is 0 Å². The number of anilines is 1.